The minimum atomic E-state index is -0.820. The highest BCUT2D eigenvalue weighted by Crippen LogP contribution is 2.29. The van der Waals surface area contributed by atoms with Crippen molar-refractivity contribution < 1.29 is 19.1 Å². The first-order valence-electron chi connectivity index (χ1n) is 7.08. The van der Waals surface area contributed by atoms with Gasteiger partial charge in [0.25, 0.3) is 5.78 Å². The fourth-order valence-corrected chi connectivity index (χ4v) is 2.59. The average Bonchev–Trinajstić information content (AvgIpc) is 2.69. The molecule has 4 nitrogen and oxygen atoms in total. The number of benzene rings is 1. The molecule has 0 saturated carbocycles. The molecule has 108 valence electrons. The van der Waals surface area contributed by atoms with Crippen molar-refractivity contribution in [2.75, 3.05) is 13.7 Å². The van der Waals surface area contributed by atoms with E-state index in [0.29, 0.717) is 11.3 Å². The van der Waals surface area contributed by atoms with Crippen LogP contribution in [0.4, 0.5) is 0 Å². The van der Waals surface area contributed by atoms with Gasteiger partial charge in [-0.05, 0) is 55.9 Å². The number of Topliss-reactive ketones (excluding diaryl/α,β-unsaturated/α-hetero) is 1. The number of fused-ring (bicyclic) bond motifs is 1. The van der Waals surface area contributed by atoms with Gasteiger partial charge in [-0.3, -0.25) is 4.79 Å². The van der Waals surface area contributed by atoms with E-state index in [4.69, 9.17) is 9.47 Å². The lowest BCUT2D eigenvalue weighted by atomic mass is 9.97. The Morgan fingerprint density at radius 3 is 2.35 bits per heavy atom. The molecule has 4 heteroatoms. The van der Waals surface area contributed by atoms with E-state index >= 15 is 0 Å². The van der Waals surface area contributed by atoms with Gasteiger partial charge >= 0.3 is 5.97 Å². The predicted molar refractivity (Wildman–Crippen MR) is 75.2 cm³/mol. The lowest BCUT2D eigenvalue weighted by Gasteiger charge is -2.13. The zero-order valence-electron chi connectivity index (χ0n) is 12.0. The van der Waals surface area contributed by atoms with Gasteiger partial charge in [0.15, 0.2) is 0 Å². The highest BCUT2D eigenvalue weighted by Gasteiger charge is 2.23. The van der Waals surface area contributed by atoms with Gasteiger partial charge < -0.3 is 9.47 Å². The van der Waals surface area contributed by atoms with Crippen molar-refractivity contribution in [2.45, 2.75) is 39.0 Å². The summed E-state index contributed by atoms with van der Waals surface area (Å²) in [6, 6.07) is 3.70. The number of aryl methyl sites for hydroxylation is 2. The fourth-order valence-electron chi connectivity index (χ4n) is 2.59. The predicted octanol–water partition coefficient (Wildman–Crippen LogP) is 2.71. The Labute approximate surface area is 119 Å². The van der Waals surface area contributed by atoms with Gasteiger partial charge in [-0.1, -0.05) is 6.42 Å². The van der Waals surface area contributed by atoms with Crippen LogP contribution in [0.15, 0.2) is 12.1 Å². The molecule has 0 unspecified atom stereocenters. The second kappa shape index (κ2) is 6.55. The maximum atomic E-state index is 12.1. The van der Waals surface area contributed by atoms with E-state index in [9.17, 15) is 9.59 Å². The summed E-state index contributed by atoms with van der Waals surface area (Å²) in [5, 5.41) is 0. The molecule has 0 atom stereocenters. The van der Waals surface area contributed by atoms with Crippen molar-refractivity contribution in [3.05, 3.63) is 28.8 Å². The summed E-state index contributed by atoms with van der Waals surface area (Å²) in [7, 11) is 1.51. The Morgan fingerprint density at radius 1 is 1.10 bits per heavy atom. The molecule has 0 spiro atoms. The van der Waals surface area contributed by atoms with E-state index in [0.717, 1.165) is 31.2 Å². The smallest absolute Gasteiger partial charge is 0.379 e. The van der Waals surface area contributed by atoms with Crippen molar-refractivity contribution in [3.8, 4) is 5.75 Å². The van der Waals surface area contributed by atoms with Crippen LogP contribution in [0.1, 0.15) is 47.7 Å². The van der Waals surface area contributed by atoms with Crippen LogP contribution in [0.2, 0.25) is 0 Å². The van der Waals surface area contributed by atoms with Crippen molar-refractivity contribution in [3.63, 3.8) is 0 Å². The van der Waals surface area contributed by atoms with Gasteiger partial charge in [0.2, 0.25) is 0 Å². The van der Waals surface area contributed by atoms with Crippen molar-refractivity contribution in [1.82, 2.24) is 0 Å². The number of ketones is 1. The molecule has 2 rings (SSSR count). The molecule has 0 bridgehead atoms. The molecule has 0 radical (unpaired) electrons. The summed E-state index contributed by atoms with van der Waals surface area (Å²) < 4.78 is 10.1. The SMILES string of the molecule is CCOC(=O)C(=O)c1cc2c(cc1OC)CCCCC2. The monoisotopic (exact) mass is 276 g/mol. The molecule has 20 heavy (non-hydrogen) atoms. The van der Waals surface area contributed by atoms with Crippen LogP contribution in [0.25, 0.3) is 0 Å². The minimum absolute atomic E-state index is 0.192. The summed E-state index contributed by atoms with van der Waals surface area (Å²) in [5.41, 5.74) is 2.68. The molecule has 1 aliphatic carbocycles. The van der Waals surface area contributed by atoms with Crippen molar-refractivity contribution in [2.24, 2.45) is 0 Å². The summed E-state index contributed by atoms with van der Waals surface area (Å²) in [5.74, 6) is -0.987. The molecule has 1 aromatic carbocycles. The van der Waals surface area contributed by atoms with Crippen LogP contribution in [0.5, 0.6) is 5.75 Å². The highest BCUT2D eigenvalue weighted by molar-refractivity contribution is 6.41. The number of carbonyl (C=O) groups excluding carboxylic acids is 2. The van der Waals surface area contributed by atoms with Crippen LogP contribution in [0.3, 0.4) is 0 Å². The first-order valence-corrected chi connectivity index (χ1v) is 7.08. The number of esters is 1. The number of rotatable bonds is 4. The third kappa shape index (κ3) is 3.00. The van der Waals surface area contributed by atoms with Gasteiger partial charge in [-0.25, -0.2) is 4.79 Å². The number of methoxy groups -OCH3 is 1. The summed E-state index contributed by atoms with van der Waals surface area (Å²) in [4.78, 5) is 23.8. The summed E-state index contributed by atoms with van der Waals surface area (Å²) in [6.45, 7) is 1.87. The topological polar surface area (TPSA) is 52.6 Å². The fraction of sp³-hybridized carbons (Fsp3) is 0.500. The normalized spacial score (nSPS) is 14.1. The van der Waals surface area contributed by atoms with Gasteiger partial charge in [-0.15, -0.1) is 0 Å². The van der Waals surface area contributed by atoms with Crippen LogP contribution in [-0.2, 0) is 22.4 Å². The maximum Gasteiger partial charge on any atom is 0.379 e. The molecule has 0 aliphatic heterocycles. The number of hydrogen-bond acceptors (Lipinski definition) is 4. The molecular formula is C16H20O4. The van der Waals surface area contributed by atoms with E-state index < -0.39 is 11.8 Å². The molecule has 0 fully saturated rings. The molecule has 1 aromatic rings. The standard InChI is InChI=1S/C16H20O4/c1-3-20-16(18)15(17)13-9-11-7-5-4-6-8-12(11)10-14(13)19-2/h9-10H,3-8H2,1-2H3. The molecule has 0 heterocycles. The van der Waals surface area contributed by atoms with Crippen LogP contribution >= 0.6 is 0 Å². The van der Waals surface area contributed by atoms with E-state index in [2.05, 4.69) is 0 Å². The first kappa shape index (κ1) is 14.6. The molecule has 0 saturated heterocycles. The van der Waals surface area contributed by atoms with Crippen LogP contribution in [-0.4, -0.2) is 25.5 Å². The first-order chi connectivity index (χ1) is 9.67. The largest absolute Gasteiger partial charge is 0.496 e. The lowest BCUT2D eigenvalue weighted by molar-refractivity contribution is -0.137. The third-order valence-corrected chi connectivity index (χ3v) is 3.62. The minimum Gasteiger partial charge on any atom is -0.496 e. The number of hydrogen-bond donors (Lipinski definition) is 0. The second-order valence-corrected chi connectivity index (χ2v) is 4.93. The Balaban J connectivity index is 2.39. The zero-order chi connectivity index (χ0) is 14.5. The highest BCUT2D eigenvalue weighted by atomic mass is 16.5. The second-order valence-electron chi connectivity index (χ2n) is 4.93. The molecule has 1 aliphatic rings. The van der Waals surface area contributed by atoms with Gasteiger partial charge in [-0.2, -0.15) is 0 Å². The molecule has 0 N–H and O–H groups in total. The van der Waals surface area contributed by atoms with Gasteiger partial charge in [0, 0.05) is 0 Å². The third-order valence-electron chi connectivity index (χ3n) is 3.62. The molecule has 0 amide bonds. The van der Waals surface area contributed by atoms with Gasteiger partial charge in [0.05, 0.1) is 19.3 Å². The Kier molecular flexibility index (Phi) is 4.77. The van der Waals surface area contributed by atoms with E-state index in [-0.39, 0.29) is 6.61 Å². The van der Waals surface area contributed by atoms with Crippen LogP contribution in [0, 0.1) is 0 Å². The Hall–Kier alpha value is -1.84. The van der Waals surface area contributed by atoms with Crippen molar-refractivity contribution in [1.29, 1.82) is 0 Å². The quantitative estimate of drug-likeness (QED) is 0.367. The maximum absolute atomic E-state index is 12.1. The number of ether oxygens (including phenoxy) is 2. The lowest BCUT2D eigenvalue weighted by Crippen LogP contribution is -2.19. The summed E-state index contributed by atoms with van der Waals surface area (Å²) >= 11 is 0. The average molecular weight is 276 g/mol. The van der Waals surface area contributed by atoms with Crippen molar-refractivity contribution >= 4 is 11.8 Å². The Bertz CT molecular complexity index is 519. The van der Waals surface area contributed by atoms with E-state index in [1.54, 1.807) is 13.0 Å². The molecular weight excluding hydrogens is 256 g/mol. The zero-order valence-corrected chi connectivity index (χ0v) is 12.0. The molecule has 0 aromatic heterocycles. The van der Waals surface area contributed by atoms with Crippen LogP contribution < -0.4 is 4.74 Å². The Morgan fingerprint density at radius 2 is 1.75 bits per heavy atom. The number of carbonyl (C=O) groups is 2. The summed E-state index contributed by atoms with van der Waals surface area (Å²) in [6.07, 6.45) is 5.41. The van der Waals surface area contributed by atoms with Gasteiger partial charge in [0.1, 0.15) is 5.75 Å². The van der Waals surface area contributed by atoms with E-state index in [1.807, 2.05) is 6.07 Å². The van der Waals surface area contributed by atoms with E-state index in [1.165, 1.54) is 19.1 Å².